The van der Waals surface area contributed by atoms with Gasteiger partial charge < -0.3 is 44.6 Å². The highest BCUT2D eigenvalue weighted by molar-refractivity contribution is 9.10. The molecule has 1 fully saturated rings. The van der Waals surface area contributed by atoms with Crippen LogP contribution < -0.4 is 56.6 Å². The third-order valence-electron chi connectivity index (χ3n) is 15.6. The SMILES string of the molecule is Cc1ccc(NC(=O)OCCF)cc1.Cc1ccc(NC(=O)Oc2ccc(Br)cc2)cc1.Cc1ccc(NC(=O)Oc2ccc(C)cc2)cc1.Cc1ccc(NC(=O)Oc2ccc(Cl)cc2)cc1.Cc1ccc(NC(=O)Oc2ccc(F)cc2)cc1.Cc1ccc(O)c(N)c1.Cc1cccc(C(=O)NCCCN2CCOCC2)c1. The zero-order valence-electron chi connectivity index (χ0n) is 64.6. The van der Waals surface area contributed by atoms with E-state index in [-0.39, 0.29) is 24.1 Å². The van der Waals surface area contributed by atoms with E-state index in [2.05, 4.69) is 57.5 Å². The second kappa shape index (κ2) is 49.6. The highest BCUT2D eigenvalue weighted by atomic mass is 79.9. The fourth-order valence-corrected chi connectivity index (χ4v) is 9.87. The largest absolute Gasteiger partial charge is 0.506 e. The maximum Gasteiger partial charge on any atom is 0.417 e. The van der Waals surface area contributed by atoms with E-state index in [1.165, 1.54) is 24.3 Å². The van der Waals surface area contributed by atoms with Crippen molar-refractivity contribution in [3.63, 3.8) is 0 Å². The Labute approximate surface area is 677 Å². The van der Waals surface area contributed by atoms with Gasteiger partial charge in [-0.3, -0.25) is 36.3 Å². The Kier molecular flexibility index (Phi) is 39.3. The molecule has 1 heterocycles. The van der Waals surface area contributed by atoms with Crippen LogP contribution in [0.15, 0.2) is 265 Å². The van der Waals surface area contributed by atoms with Crippen molar-refractivity contribution < 1.29 is 71.1 Å². The number of nitrogen functional groups attached to an aromatic ring is 1. The number of benzene rings is 11. The summed E-state index contributed by atoms with van der Waals surface area (Å²) in [5.41, 5.74) is 18.9. The Hall–Kier alpha value is -12.6. The first-order chi connectivity index (χ1) is 54.7. The molecule has 0 unspecified atom stereocenters. The van der Waals surface area contributed by atoms with Crippen molar-refractivity contribution in [2.45, 2.75) is 61.8 Å². The number of hydrogen-bond acceptors (Lipinski definition) is 15. The van der Waals surface area contributed by atoms with E-state index in [9.17, 15) is 37.5 Å². The van der Waals surface area contributed by atoms with Gasteiger partial charge in [-0.2, -0.15) is 0 Å². The number of nitrogens with one attached hydrogen (secondary N) is 6. The van der Waals surface area contributed by atoms with E-state index >= 15 is 0 Å². The van der Waals surface area contributed by atoms with Crippen LogP contribution in [0.4, 0.5) is 66.9 Å². The minimum absolute atomic E-state index is 0.0191. The van der Waals surface area contributed by atoms with Crippen molar-refractivity contribution in [1.29, 1.82) is 0 Å². The summed E-state index contributed by atoms with van der Waals surface area (Å²) < 4.78 is 55.4. The van der Waals surface area contributed by atoms with Crippen LogP contribution in [0, 0.1) is 61.2 Å². The molecule has 0 aliphatic carbocycles. The molecule has 12 rings (SSSR count). The summed E-state index contributed by atoms with van der Waals surface area (Å²) in [6.07, 6.45) is -1.76. The number of anilines is 6. The van der Waals surface area contributed by atoms with Crippen molar-refractivity contribution in [3.05, 3.63) is 326 Å². The molecule has 25 heteroatoms. The van der Waals surface area contributed by atoms with Crippen molar-refractivity contribution in [2.75, 3.05) is 85.0 Å². The van der Waals surface area contributed by atoms with Crippen LogP contribution in [-0.4, -0.2) is 99.1 Å². The predicted molar refractivity (Wildman–Crippen MR) is 451 cm³/mol. The molecule has 6 amide bonds. The molecule has 11 aromatic carbocycles. The van der Waals surface area contributed by atoms with Gasteiger partial charge in [-0.25, -0.2) is 32.8 Å². The van der Waals surface area contributed by atoms with Crippen molar-refractivity contribution in [2.24, 2.45) is 0 Å². The molecule has 0 spiro atoms. The zero-order valence-corrected chi connectivity index (χ0v) is 66.9. The van der Waals surface area contributed by atoms with E-state index in [0.29, 0.717) is 56.5 Å². The molecule has 596 valence electrons. The molecule has 0 aromatic heterocycles. The number of nitrogens with two attached hydrogens (primary N) is 1. The van der Waals surface area contributed by atoms with E-state index in [0.717, 1.165) is 106 Å². The highest BCUT2D eigenvalue weighted by Crippen LogP contribution is 2.23. The molecule has 11 aromatic rings. The number of aromatic hydroxyl groups is 1. The van der Waals surface area contributed by atoms with Gasteiger partial charge in [0.1, 0.15) is 47.8 Å². The second-order valence-corrected chi connectivity index (χ2v) is 26.9. The van der Waals surface area contributed by atoms with E-state index in [4.69, 9.17) is 46.1 Å². The smallest absolute Gasteiger partial charge is 0.417 e. The topological polar surface area (TPSA) is 279 Å². The fourth-order valence-electron chi connectivity index (χ4n) is 9.48. The van der Waals surface area contributed by atoms with Crippen LogP contribution >= 0.6 is 27.5 Å². The molecular weight excluding hydrogens is 1540 g/mol. The summed E-state index contributed by atoms with van der Waals surface area (Å²) in [6.45, 7) is 20.3. The van der Waals surface area contributed by atoms with Gasteiger partial charge in [-0.05, 0) is 244 Å². The normalized spacial score (nSPS) is 10.9. The van der Waals surface area contributed by atoms with Crippen LogP contribution in [0.1, 0.15) is 61.3 Å². The third-order valence-corrected chi connectivity index (χ3v) is 16.4. The number of phenols is 1. The molecule has 114 heavy (non-hydrogen) atoms. The Morgan fingerprint density at radius 2 is 0.781 bits per heavy atom. The number of carbonyl (C=O) groups is 6. The van der Waals surface area contributed by atoms with Gasteiger partial charge in [-0.1, -0.05) is 157 Å². The van der Waals surface area contributed by atoms with Gasteiger partial charge in [-0.15, -0.1) is 0 Å². The molecule has 0 atom stereocenters. The number of nitrogens with zero attached hydrogens (tertiary/aromatic N) is 1. The Morgan fingerprint density at radius 3 is 1.14 bits per heavy atom. The van der Waals surface area contributed by atoms with Crippen LogP contribution in [0.3, 0.4) is 0 Å². The first-order valence-electron chi connectivity index (χ1n) is 36.0. The standard InChI is InChI=1S/C15H22N2O2.C15H15NO2.C14H12BrNO2.C14H12ClNO2.C14H12FNO2.C10H12FNO2.C7H9NO/c1-13-4-2-5-14(12-13)15(18)16-6-3-7-17-8-10-19-11-9-17;1-11-3-7-13(8-4-11)16-15(17)18-14-9-5-12(2)6-10-14;3*1-10-2-6-12(7-3-10)16-14(17)18-13-8-4-11(15)5-9-13;1-8-2-4-9(5-3-8)12-10(13)14-7-6-11;1-5-2-3-7(9)6(8)4-5/h2,4-5,12H,3,6-11H2,1H3,(H,16,18);3-10H,1-2H3,(H,16,17);3*2-9H,1H3,(H,16,17);2-5H,6-7H2,1H3,(H,12,13);2-4,9H,8H2,1H3. The number of carbonyl (C=O) groups excluding carboxylic acids is 6. The maximum absolute atomic E-state index is 12.7. The lowest BCUT2D eigenvalue weighted by Gasteiger charge is -2.26. The van der Waals surface area contributed by atoms with Gasteiger partial charge in [0, 0.05) is 63.1 Å². The zero-order chi connectivity index (χ0) is 82.6. The summed E-state index contributed by atoms with van der Waals surface area (Å²) >= 11 is 9.05. The number of rotatable bonds is 16. The first-order valence-corrected chi connectivity index (χ1v) is 37.2. The van der Waals surface area contributed by atoms with Crippen LogP contribution in [-0.2, 0) is 9.47 Å². The molecule has 0 radical (unpaired) electrons. The Morgan fingerprint density at radius 1 is 0.447 bits per heavy atom. The summed E-state index contributed by atoms with van der Waals surface area (Å²) in [5, 5.41) is 25.5. The van der Waals surface area contributed by atoms with Crippen LogP contribution in [0.5, 0.6) is 28.7 Å². The lowest BCUT2D eigenvalue weighted by Crippen LogP contribution is -2.38. The monoisotopic (exact) mass is 1630 g/mol. The maximum atomic E-state index is 12.7. The summed E-state index contributed by atoms with van der Waals surface area (Å²) in [6, 6.07) is 76.1. The number of amides is 6. The molecule has 1 aliphatic rings. The number of alkyl halides is 1. The quantitative estimate of drug-likeness (QED) is 0.0254. The summed E-state index contributed by atoms with van der Waals surface area (Å²) in [5.74, 6) is 1.57. The number of aryl methyl sites for hydroxylation is 8. The number of phenolic OH excluding ortho intramolecular Hbond substituents is 1. The number of halogens is 4. The molecule has 0 saturated carbocycles. The fraction of sp³-hybridized carbons (Fsp3) is 0.191. The van der Waals surface area contributed by atoms with E-state index in [1.54, 1.807) is 84.9 Å². The van der Waals surface area contributed by atoms with E-state index in [1.807, 2.05) is 207 Å². The average Bonchev–Trinajstić information content (AvgIpc) is 0.879. The molecule has 9 N–H and O–H groups in total. The minimum Gasteiger partial charge on any atom is -0.506 e. The Bertz CT molecular complexity index is 4140. The molecule has 0 bridgehead atoms. The van der Waals surface area contributed by atoms with Gasteiger partial charge in [0.25, 0.3) is 5.91 Å². The molecule has 21 nitrogen and oxygen atoms in total. The van der Waals surface area contributed by atoms with Gasteiger partial charge in [0.15, 0.2) is 0 Å². The van der Waals surface area contributed by atoms with Gasteiger partial charge >= 0.3 is 30.5 Å². The highest BCUT2D eigenvalue weighted by Gasteiger charge is 2.13. The number of morpholine rings is 1. The molecule has 1 saturated heterocycles. The molecular formula is C89H94BrClF2N8O13. The van der Waals surface area contributed by atoms with Crippen molar-refractivity contribution in [3.8, 4) is 28.7 Å². The first kappa shape index (κ1) is 90.3. The lowest BCUT2D eigenvalue weighted by molar-refractivity contribution is 0.0374. The third kappa shape index (κ3) is 37.9. The average molecular weight is 1640 g/mol. The van der Waals surface area contributed by atoms with Crippen LogP contribution in [0.25, 0.3) is 0 Å². The lowest BCUT2D eigenvalue weighted by atomic mass is 10.1. The Balaban J connectivity index is 0.000000209. The number of hydrogen-bond donors (Lipinski definition) is 8. The summed E-state index contributed by atoms with van der Waals surface area (Å²) in [4.78, 5) is 71.6. The van der Waals surface area contributed by atoms with Gasteiger partial charge in [0.05, 0.1) is 18.9 Å². The van der Waals surface area contributed by atoms with Crippen LogP contribution in [0.2, 0.25) is 5.02 Å². The number of ether oxygens (including phenoxy) is 6. The second-order valence-electron chi connectivity index (χ2n) is 25.5. The minimum atomic E-state index is -0.665. The van der Waals surface area contributed by atoms with Crippen molar-refractivity contribution in [1.82, 2.24) is 10.2 Å². The summed E-state index contributed by atoms with van der Waals surface area (Å²) in [7, 11) is 0. The predicted octanol–water partition coefficient (Wildman–Crippen LogP) is 21.5. The van der Waals surface area contributed by atoms with Crippen molar-refractivity contribution >= 4 is 98.0 Å². The van der Waals surface area contributed by atoms with E-state index < -0.39 is 37.1 Å². The molecule has 1 aliphatic heterocycles. The van der Waals surface area contributed by atoms with Gasteiger partial charge in [0.2, 0.25) is 0 Å².